The number of carbonyl (C=O) groups is 1. The van der Waals surface area contributed by atoms with E-state index in [1.54, 1.807) is 45.2 Å². The molecule has 0 bridgehead atoms. The van der Waals surface area contributed by atoms with Gasteiger partial charge in [-0.1, -0.05) is 0 Å². The van der Waals surface area contributed by atoms with E-state index >= 15 is 0 Å². The molecule has 0 saturated heterocycles. The fraction of sp³-hybridized carbons (Fsp3) is 0.143. The van der Waals surface area contributed by atoms with E-state index in [9.17, 15) is 13.6 Å². The molecule has 0 radical (unpaired) electrons. The molecule has 0 aliphatic carbocycles. The lowest BCUT2D eigenvalue weighted by molar-refractivity contribution is 0.106. The van der Waals surface area contributed by atoms with Gasteiger partial charge in [-0.15, -0.1) is 0 Å². The number of hydrogen-bond acceptors (Lipinski definition) is 2. The summed E-state index contributed by atoms with van der Waals surface area (Å²) in [6.45, 7) is 0. The summed E-state index contributed by atoms with van der Waals surface area (Å²) in [5.74, 6) is 0. The molecule has 1 aromatic rings. The summed E-state index contributed by atoms with van der Waals surface area (Å²) < 4.78 is 25.6. The molecule has 0 aliphatic rings. The van der Waals surface area contributed by atoms with Crippen molar-refractivity contribution in [3.63, 3.8) is 0 Å². The summed E-state index contributed by atoms with van der Waals surface area (Å²) in [7, 11) is 0. The van der Waals surface area contributed by atoms with Crippen molar-refractivity contribution in [1.29, 1.82) is 0 Å². The molecule has 0 amide bonds. The Kier molecular flexibility index (Phi) is 4.44. The van der Waals surface area contributed by atoms with Crippen LogP contribution in [0.5, 0.6) is 0 Å². The number of pyridine rings is 1. The summed E-state index contributed by atoms with van der Waals surface area (Å²) in [6, 6.07) is 0. The van der Waals surface area contributed by atoms with E-state index < -0.39 is 11.7 Å². The zero-order chi connectivity index (χ0) is 10.9. The van der Waals surface area contributed by atoms with Gasteiger partial charge in [0.2, 0.25) is 0 Å². The van der Waals surface area contributed by atoms with Crippen LogP contribution in [0.4, 0.5) is 8.78 Å². The van der Waals surface area contributed by atoms with Crippen molar-refractivity contribution in [3.8, 4) is 0 Å². The van der Waals surface area contributed by atoms with Crippen molar-refractivity contribution in [1.82, 2.24) is 4.98 Å². The van der Waals surface area contributed by atoms with Crippen molar-refractivity contribution in [2.45, 2.75) is 6.43 Å². The van der Waals surface area contributed by atoms with Gasteiger partial charge in [-0.25, -0.2) is 13.8 Å². The molecular formula is C7H2ClF2I2NO. The molecule has 0 spiro atoms. The van der Waals surface area contributed by atoms with E-state index in [1.807, 2.05) is 0 Å². The second kappa shape index (κ2) is 4.97. The van der Waals surface area contributed by atoms with Gasteiger partial charge in [0.05, 0.1) is 5.56 Å². The Morgan fingerprint density at radius 2 is 2.07 bits per heavy atom. The Hall–Kier alpha value is 0.430. The number of halogens is 5. The van der Waals surface area contributed by atoms with Crippen LogP contribution in [0.3, 0.4) is 0 Å². The Morgan fingerprint density at radius 3 is 2.43 bits per heavy atom. The van der Waals surface area contributed by atoms with Gasteiger partial charge in [0.15, 0.2) is 0 Å². The van der Waals surface area contributed by atoms with Gasteiger partial charge >= 0.3 is 0 Å². The molecule has 0 saturated carbocycles. The minimum absolute atomic E-state index is 0.193. The average Bonchev–Trinajstić information content (AvgIpc) is 2.07. The molecule has 7 heteroatoms. The van der Waals surface area contributed by atoms with Gasteiger partial charge in [-0.05, 0) is 56.8 Å². The molecule has 76 valence electrons. The number of nitrogens with zero attached hydrogens (tertiary/aromatic N) is 1. The normalized spacial score (nSPS) is 10.7. The Bertz CT molecular complexity index is 386. The van der Waals surface area contributed by atoms with Gasteiger partial charge in [-0.3, -0.25) is 4.79 Å². The minimum Gasteiger partial charge on any atom is -0.275 e. The summed E-state index contributed by atoms with van der Waals surface area (Å²) >= 11 is 8.60. The molecule has 1 aromatic heterocycles. The maximum Gasteiger partial charge on any atom is 0.265 e. The first kappa shape index (κ1) is 12.5. The van der Waals surface area contributed by atoms with Crippen LogP contribution >= 0.6 is 56.8 Å². The summed E-state index contributed by atoms with van der Waals surface area (Å²) in [6.07, 6.45) is -1.44. The topological polar surface area (TPSA) is 30.0 Å². The lowest BCUT2D eigenvalue weighted by Gasteiger charge is -2.08. The largest absolute Gasteiger partial charge is 0.275 e. The molecule has 0 aromatic carbocycles. The van der Waals surface area contributed by atoms with Gasteiger partial charge in [-0.2, -0.15) is 0 Å². The van der Waals surface area contributed by atoms with Crippen molar-refractivity contribution in [2.75, 3.05) is 0 Å². The maximum atomic E-state index is 12.6. The fourth-order valence-corrected chi connectivity index (χ4v) is 2.55. The third kappa shape index (κ3) is 2.51. The van der Waals surface area contributed by atoms with E-state index in [0.29, 0.717) is 0 Å². The maximum absolute atomic E-state index is 12.6. The first-order chi connectivity index (χ1) is 6.45. The Labute approximate surface area is 111 Å². The molecule has 2 nitrogen and oxygen atoms in total. The van der Waals surface area contributed by atoms with Crippen LogP contribution < -0.4 is 0 Å². The lowest BCUT2D eigenvalue weighted by Crippen LogP contribution is -2.06. The quantitative estimate of drug-likeness (QED) is 0.397. The van der Waals surface area contributed by atoms with Crippen LogP contribution in [-0.4, -0.2) is 10.2 Å². The van der Waals surface area contributed by atoms with E-state index in [0.717, 1.165) is 0 Å². The smallest absolute Gasteiger partial charge is 0.265 e. The molecule has 0 fully saturated rings. The molecule has 0 N–H and O–H groups in total. The third-order valence-electron chi connectivity index (χ3n) is 1.44. The first-order valence-corrected chi connectivity index (χ1v) is 5.80. The van der Waals surface area contributed by atoms with Crippen molar-refractivity contribution < 1.29 is 13.6 Å². The van der Waals surface area contributed by atoms with Crippen molar-refractivity contribution in [2.24, 2.45) is 0 Å². The highest BCUT2D eigenvalue weighted by atomic mass is 127. The predicted molar refractivity (Wildman–Crippen MR) is 64.8 cm³/mol. The number of alkyl halides is 2. The summed E-state index contributed by atoms with van der Waals surface area (Å²) in [5.41, 5.74) is -0.542. The molecule has 1 rings (SSSR count). The standard InChI is InChI=1S/C7H2ClF2I2NO/c8-5(14)4-3(6(9)10)2(11)1-13-7(4)12/h1,6H. The van der Waals surface area contributed by atoms with Crippen LogP contribution in [0.25, 0.3) is 0 Å². The minimum atomic E-state index is -2.73. The lowest BCUT2D eigenvalue weighted by atomic mass is 10.1. The summed E-state index contributed by atoms with van der Waals surface area (Å²) in [4.78, 5) is 14.7. The monoisotopic (exact) mass is 443 g/mol. The molecule has 1 heterocycles. The Balaban J connectivity index is 3.50. The number of rotatable bonds is 2. The zero-order valence-corrected chi connectivity index (χ0v) is 11.5. The SMILES string of the molecule is O=C(Cl)c1c(I)ncc(I)c1C(F)F. The molecule has 0 unspecified atom stereocenters. The third-order valence-corrected chi connectivity index (χ3v) is 3.31. The van der Waals surface area contributed by atoms with E-state index in [1.165, 1.54) is 6.20 Å². The highest BCUT2D eigenvalue weighted by Gasteiger charge is 2.23. The number of hydrogen-bond donors (Lipinski definition) is 0. The van der Waals surface area contributed by atoms with Gasteiger partial charge in [0, 0.05) is 15.3 Å². The second-order valence-corrected chi connectivity index (χ2v) is 4.79. The van der Waals surface area contributed by atoms with Gasteiger partial charge in [0.25, 0.3) is 11.7 Å². The highest BCUT2D eigenvalue weighted by Crippen LogP contribution is 2.30. The van der Waals surface area contributed by atoms with Gasteiger partial charge < -0.3 is 0 Å². The van der Waals surface area contributed by atoms with Crippen LogP contribution in [-0.2, 0) is 0 Å². The van der Waals surface area contributed by atoms with E-state index in [2.05, 4.69) is 4.98 Å². The van der Waals surface area contributed by atoms with Crippen LogP contribution in [0.15, 0.2) is 6.20 Å². The van der Waals surface area contributed by atoms with E-state index in [-0.39, 0.29) is 18.4 Å². The Morgan fingerprint density at radius 1 is 1.50 bits per heavy atom. The first-order valence-electron chi connectivity index (χ1n) is 3.27. The van der Waals surface area contributed by atoms with E-state index in [4.69, 9.17) is 11.6 Å². The number of carbonyl (C=O) groups excluding carboxylic acids is 1. The van der Waals surface area contributed by atoms with Gasteiger partial charge in [0.1, 0.15) is 3.70 Å². The highest BCUT2D eigenvalue weighted by molar-refractivity contribution is 14.1. The van der Waals surface area contributed by atoms with Crippen molar-refractivity contribution >= 4 is 62.0 Å². The molecule has 0 aliphatic heterocycles. The van der Waals surface area contributed by atoms with Crippen LogP contribution in [0.2, 0.25) is 0 Å². The van der Waals surface area contributed by atoms with Crippen LogP contribution in [0, 0.1) is 7.27 Å². The molecule has 0 atom stereocenters. The van der Waals surface area contributed by atoms with Crippen LogP contribution in [0.1, 0.15) is 22.3 Å². The average molecular weight is 443 g/mol. The second-order valence-electron chi connectivity index (χ2n) is 2.26. The zero-order valence-electron chi connectivity index (χ0n) is 6.40. The predicted octanol–water partition coefficient (Wildman–Crippen LogP) is 3.61. The summed E-state index contributed by atoms with van der Waals surface area (Å²) in [5, 5.41) is -0.907. The fourth-order valence-electron chi connectivity index (χ4n) is 0.878. The molecular weight excluding hydrogens is 441 g/mol. The molecule has 14 heavy (non-hydrogen) atoms. The van der Waals surface area contributed by atoms with Crippen molar-refractivity contribution in [3.05, 3.63) is 24.6 Å². The number of aromatic nitrogens is 1.